The van der Waals surface area contributed by atoms with E-state index in [2.05, 4.69) is 17.3 Å². The van der Waals surface area contributed by atoms with Gasteiger partial charge in [-0.3, -0.25) is 4.79 Å². The topological polar surface area (TPSA) is 41.9 Å². The minimum Gasteiger partial charge on any atom is -0.391 e. The number of hydrogen-bond acceptors (Lipinski definition) is 3. The van der Waals surface area contributed by atoms with E-state index >= 15 is 0 Å². The molecule has 1 aliphatic carbocycles. The number of fused-ring (bicyclic) bond motifs is 5. The predicted octanol–water partition coefficient (Wildman–Crippen LogP) is 1.27. The number of rotatable bonds is 1. The van der Waals surface area contributed by atoms with Crippen molar-refractivity contribution in [3.05, 3.63) is 35.9 Å². The molecule has 0 unspecified atom stereocenters. The molecule has 92 valence electrons. The molecule has 4 atom stereocenters. The molecule has 2 fully saturated rings. The number of nitrogens with zero attached hydrogens (tertiary/aromatic N) is 2. The summed E-state index contributed by atoms with van der Waals surface area (Å²) in [7, 11) is 1.89. The van der Waals surface area contributed by atoms with Gasteiger partial charge in [0.1, 0.15) is 6.10 Å². The normalized spacial score (nSPS) is 36.6. The summed E-state index contributed by atoms with van der Waals surface area (Å²) < 4.78 is 0. The van der Waals surface area contributed by atoms with Crippen LogP contribution in [0.5, 0.6) is 0 Å². The third kappa shape index (κ3) is 1.10. The smallest absolute Gasteiger partial charge is 0.229 e. The predicted molar refractivity (Wildman–Crippen MR) is 66.0 cm³/mol. The number of carbonyl (C=O) groups excluding carboxylic acids is 1. The lowest BCUT2D eigenvalue weighted by atomic mass is 9.87. The fourth-order valence-electron chi connectivity index (χ4n) is 3.58. The Morgan fingerprint density at radius 3 is 2.89 bits per heavy atom. The molecule has 1 aromatic carbocycles. The van der Waals surface area contributed by atoms with Gasteiger partial charge in [-0.1, -0.05) is 35.5 Å². The minimum atomic E-state index is -0.0334. The van der Waals surface area contributed by atoms with Crippen LogP contribution in [0.4, 0.5) is 0 Å². The lowest BCUT2D eigenvalue weighted by Gasteiger charge is -2.30. The standard InChI is InChI=1S/C14H14N2O2/c1-16-10-7-9(14(16)17)13-11(10)12(15-18-13)8-5-3-2-4-6-8/h2-6,9-11,13H,7H2,1H3/t9-,10+,11+,13+/m1/s1. The fourth-order valence-corrected chi connectivity index (χ4v) is 3.58. The Morgan fingerprint density at radius 1 is 1.33 bits per heavy atom. The highest BCUT2D eigenvalue weighted by Crippen LogP contribution is 2.47. The monoisotopic (exact) mass is 242 g/mol. The van der Waals surface area contributed by atoms with Crippen molar-refractivity contribution in [1.29, 1.82) is 0 Å². The van der Waals surface area contributed by atoms with E-state index < -0.39 is 0 Å². The van der Waals surface area contributed by atoms with Crippen LogP contribution >= 0.6 is 0 Å². The summed E-state index contributed by atoms with van der Waals surface area (Å²) in [5.41, 5.74) is 2.12. The van der Waals surface area contributed by atoms with Gasteiger partial charge in [-0.05, 0) is 12.0 Å². The molecule has 1 saturated carbocycles. The molecular weight excluding hydrogens is 228 g/mol. The molecule has 18 heavy (non-hydrogen) atoms. The summed E-state index contributed by atoms with van der Waals surface area (Å²) in [4.78, 5) is 19.4. The van der Waals surface area contributed by atoms with Gasteiger partial charge in [0.2, 0.25) is 5.91 Å². The zero-order chi connectivity index (χ0) is 12.3. The molecule has 3 aliphatic rings. The number of likely N-dealkylation sites (tertiary alicyclic amines) is 1. The van der Waals surface area contributed by atoms with Crippen LogP contribution in [0.15, 0.2) is 35.5 Å². The molecule has 0 spiro atoms. The summed E-state index contributed by atoms with van der Waals surface area (Å²) >= 11 is 0. The van der Waals surface area contributed by atoms with Crippen LogP contribution in [0, 0.1) is 11.8 Å². The first-order valence-corrected chi connectivity index (χ1v) is 6.33. The van der Waals surface area contributed by atoms with E-state index in [1.54, 1.807) is 0 Å². The average molecular weight is 242 g/mol. The van der Waals surface area contributed by atoms with Gasteiger partial charge in [-0.2, -0.15) is 0 Å². The van der Waals surface area contributed by atoms with Crippen molar-refractivity contribution in [1.82, 2.24) is 4.90 Å². The van der Waals surface area contributed by atoms with Gasteiger partial charge in [0.25, 0.3) is 0 Å². The van der Waals surface area contributed by atoms with E-state index in [1.165, 1.54) is 0 Å². The van der Waals surface area contributed by atoms with Gasteiger partial charge in [0, 0.05) is 13.1 Å². The van der Waals surface area contributed by atoms with E-state index in [1.807, 2.05) is 30.1 Å². The van der Waals surface area contributed by atoms with E-state index in [-0.39, 0.29) is 29.9 Å². The number of hydrogen-bond donors (Lipinski definition) is 0. The van der Waals surface area contributed by atoms with Gasteiger partial charge < -0.3 is 9.74 Å². The zero-order valence-corrected chi connectivity index (χ0v) is 10.1. The van der Waals surface area contributed by atoms with Crippen LogP contribution in [0.3, 0.4) is 0 Å². The Hall–Kier alpha value is -1.84. The van der Waals surface area contributed by atoms with Gasteiger partial charge in [0.15, 0.2) is 0 Å². The largest absolute Gasteiger partial charge is 0.391 e. The molecule has 4 nitrogen and oxygen atoms in total. The van der Waals surface area contributed by atoms with Crippen molar-refractivity contribution < 1.29 is 9.63 Å². The van der Waals surface area contributed by atoms with Crippen molar-refractivity contribution in [2.45, 2.75) is 18.6 Å². The Bertz CT molecular complexity index is 540. The van der Waals surface area contributed by atoms with Crippen LogP contribution < -0.4 is 0 Å². The van der Waals surface area contributed by atoms with Crippen molar-refractivity contribution in [3.63, 3.8) is 0 Å². The first-order valence-electron chi connectivity index (χ1n) is 6.33. The lowest BCUT2D eigenvalue weighted by molar-refractivity contribution is -0.139. The van der Waals surface area contributed by atoms with E-state index in [4.69, 9.17) is 4.84 Å². The van der Waals surface area contributed by atoms with Crippen LogP contribution in [0.2, 0.25) is 0 Å². The van der Waals surface area contributed by atoms with Gasteiger partial charge in [-0.15, -0.1) is 0 Å². The summed E-state index contributed by atoms with van der Waals surface area (Å²) in [6, 6.07) is 10.4. The van der Waals surface area contributed by atoms with Crippen molar-refractivity contribution in [2.24, 2.45) is 17.0 Å². The summed E-state index contributed by atoms with van der Waals surface area (Å²) in [5.74, 6) is 0.473. The van der Waals surface area contributed by atoms with Crippen molar-refractivity contribution >= 4 is 11.6 Å². The SMILES string of the molecule is CN1C(=O)[C@@H]2C[C@H]1[C@H]1C(c3ccccc3)=NO[C@H]12. The molecule has 0 aromatic heterocycles. The Morgan fingerprint density at radius 2 is 2.11 bits per heavy atom. The molecule has 0 N–H and O–H groups in total. The van der Waals surface area contributed by atoms with Gasteiger partial charge >= 0.3 is 0 Å². The molecule has 2 bridgehead atoms. The highest BCUT2D eigenvalue weighted by Gasteiger charge is 2.61. The summed E-state index contributed by atoms with van der Waals surface area (Å²) in [6.07, 6.45) is 0.880. The number of piperidine rings is 1. The fraction of sp³-hybridized carbons (Fsp3) is 0.429. The van der Waals surface area contributed by atoms with Crippen LogP contribution in [0.1, 0.15) is 12.0 Å². The second-order valence-corrected chi connectivity index (χ2v) is 5.30. The molecule has 1 amide bonds. The summed E-state index contributed by atoms with van der Waals surface area (Å²) in [6.45, 7) is 0. The summed E-state index contributed by atoms with van der Waals surface area (Å²) in [5, 5.41) is 4.24. The third-order valence-corrected chi connectivity index (χ3v) is 4.48. The Balaban J connectivity index is 1.72. The Labute approximate surface area is 105 Å². The van der Waals surface area contributed by atoms with Gasteiger partial charge in [-0.25, -0.2) is 0 Å². The van der Waals surface area contributed by atoms with Gasteiger partial charge in [0.05, 0.1) is 17.5 Å². The number of benzene rings is 1. The lowest BCUT2D eigenvalue weighted by Crippen LogP contribution is -2.47. The first kappa shape index (κ1) is 10.1. The van der Waals surface area contributed by atoms with Crippen LogP contribution in [0.25, 0.3) is 0 Å². The second kappa shape index (κ2) is 3.34. The number of carbonyl (C=O) groups is 1. The second-order valence-electron chi connectivity index (χ2n) is 5.30. The molecule has 2 heterocycles. The maximum Gasteiger partial charge on any atom is 0.229 e. The first-order chi connectivity index (χ1) is 8.77. The molecule has 4 rings (SSSR count). The van der Waals surface area contributed by atoms with Crippen LogP contribution in [-0.4, -0.2) is 35.7 Å². The quantitative estimate of drug-likeness (QED) is 0.744. The van der Waals surface area contributed by atoms with E-state index in [0.29, 0.717) is 0 Å². The Kier molecular flexibility index (Phi) is 1.88. The van der Waals surface area contributed by atoms with Crippen LogP contribution in [-0.2, 0) is 9.63 Å². The van der Waals surface area contributed by atoms with E-state index in [0.717, 1.165) is 17.7 Å². The maximum atomic E-state index is 11.9. The molecule has 1 aromatic rings. The number of oxime groups is 1. The zero-order valence-electron chi connectivity index (χ0n) is 10.1. The molecule has 1 saturated heterocycles. The third-order valence-electron chi connectivity index (χ3n) is 4.48. The highest BCUT2D eigenvalue weighted by atomic mass is 16.6. The highest BCUT2D eigenvalue weighted by molar-refractivity contribution is 6.05. The maximum absolute atomic E-state index is 11.9. The van der Waals surface area contributed by atoms with Crippen molar-refractivity contribution in [2.75, 3.05) is 7.05 Å². The molecular formula is C14H14N2O2. The number of amides is 1. The molecule has 0 radical (unpaired) electrons. The van der Waals surface area contributed by atoms with E-state index in [9.17, 15) is 4.79 Å². The average Bonchev–Trinajstić information content (AvgIpc) is 3.04. The minimum absolute atomic E-state index is 0.00922. The molecule has 4 heteroatoms. The van der Waals surface area contributed by atoms with Crippen molar-refractivity contribution in [3.8, 4) is 0 Å². The molecule has 2 aliphatic heterocycles.